The van der Waals surface area contributed by atoms with Crippen molar-refractivity contribution in [1.29, 1.82) is 0 Å². The Kier molecular flexibility index (Phi) is 4.42. The van der Waals surface area contributed by atoms with Crippen molar-refractivity contribution in [3.8, 4) is 0 Å². The van der Waals surface area contributed by atoms with Crippen LogP contribution < -0.4 is 10.4 Å². The minimum absolute atomic E-state index is 0.0165. The molecule has 1 heterocycles. The Morgan fingerprint density at radius 2 is 1.95 bits per heavy atom. The fraction of sp³-hybridized carbons (Fsp3) is 0.250. The Hall–Kier alpha value is -2.56. The first-order chi connectivity index (χ1) is 9.97. The molecule has 0 saturated heterocycles. The van der Waals surface area contributed by atoms with E-state index in [1.54, 1.807) is 19.1 Å². The number of amides is 1. The van der Waals surface area contributed by atoms with Crippen LogP contribution in [0, 0.1) is 13.8 Å². The molecule has 21 heavy (non-hydrogen) atoms. The molecule has 0 aliphatic carbocycles. The van der Waals surface area contributed by atoms with Gasteiger partial charge in [0.1, 0.15) is 11.5 Å². The van der Waals surface area contributed by atoms with Crippen LogP contribution in [0.5, 0.6) is 0 Å². The van der Waals surface area contributed by atoms with Gasteiger partial charge in [0.15, 0.2) is 0 Å². The van der Waals surface area contributed by atoms with Crippen LogP contribution in [0.1, 0.15) is 33.9 Å². The Bertz CT molecular complexity index is 673. The van der Waals surface area contributed by atoms with Crippen LogP contribution in [0.2, 0.25) is 0 Å². The van der Waals surface area contributed by atoms with Gasteiger partial charge in [0.25, 0.3) is 0 Å². The minimum Gasteiger partial charge on any atom is -0.545 e. The number of aryl methyl sites for hydroxylation is 3. The highest BCUT2D eigenvalue weighted by Gasteiger charge is 2.11. The second kappa shape index (κ2) is 6.26. The number of benzene rings is 1. The number of carboxylic acids is 1. The molecule has 110 valence electrons. The third-order valence-corrected chi connectivity index (χ3v) is 3.15. The zero-order valence-electron chi connectivity index (χ0n) is 11.9. The molecular weight excluding hydrogens is 270 g/mol. The molecule has 0 aliphatic rings. The molecule has 0 spiro atoms. The third kappa shape index (κ3) is 3.72. The van der Waals surface area contributed by atoms with Gasteiger partial charge in [-0.2, -0.15) is 0 Å². The molecular formula is C16H16NO4-. The molecule has 2 aromatic rings. The van der Waals surface area contributed by atoms with Crippen LogP contribution in [0.25, 0.3) is 0 Å². The molecule has 0 atom stereocenters. The number of anilines is 1. The van der Waals surface area contributed by atoms with Crippen LogP contribution in [0.15, 0.2) is 34.7 Å². The van der Waals surface area contributed by atoms with Crippen molar-refractivity contribution in [2.45, 2.75) is 26.7 Å². The van der Waals surface area contributed by atoms with Gasteiger partial charge in [0.2, 0.25) is 5.91 Å². The van der Waals surface area contributed by atoms with Gasteiger partial charge in [-0.1, -0.05) is 18.2 Å². The maximum Gasteiger partial charge on any atom is 0.224 e. The fourth-order valence-electron chi connectivity index (χ4n) is 2.06. The summed E-state index contributed by atoms with van der Waals surface area (Å²) in [6.07, 6.45) is 0.681. The smallest absolute Gasteiger partial charge is 0.224 e. The van der Waals surface area contributed by atoms with E-state index in [1.165, 1.54) is 6.07 Å². The number of rotatable bonds is 5. The number of para-hydroxylation sites is 1. The first-order valence-electron chi connectivity index (χ1n) is 6.63. The number of aromatic carboxylic acids is 1. The van der Waals surface area contributed by atoms with E-state index in [1.807, 2.05) is 19.1 Å². The monoisotopic (exact) mass is 286 g/mol. The Labute approximate surface area is 122 Å². The lowest BCUT2D eigenvalue weighted by molar-refractivity contribution is -0.254. The van der Waals surface area contributed by atoms with Gasteiger partial charge < -0.3 is 19.6 Å². The van der Waals surface area contributed by atoms with Gasteiger partial charge in [-0.15, -0.1) is 0 Å². The molecule has 2 rings (SSSR count). The highest BCUT2D eigenvalue weighted by atomic mass is 16.4. The second-order valence-electron chi connectivity index (χ2n) is 4.85. The molecule has 0 aliphatic heterocycles. The van der Waals surface area contributed by atoms with Crippen molar-refractivity contribution in [3.05, 3.63) is 53.0 Å². The highest BCUT2D eigenvalue weighted by molar-refractivity contribution is 6.00. The van der Waals surface area contributed by atoms with Crippen molar-refractivity contribution in [1.82, 2.24) is 0 Å². The van der Waals surface area contributed by atoms with E-state index in [2.05, 4.69) is 5.32 Å². The maximum absolute atomic E-state index is 12.0. The van der Waals surface area contributed by atoms with Gasteiger partial charge in [-0.3, -0.25) is 4.79 Å². The van der Waals surface area contributed by atoms with Crippen molar-refractivity contribution in [2.75, 3.05) is 5.32 Å². The molecule has 5 heteroatoms. The fourth-order valence-corrected chi connectivity index (χ4v) is 2.06. The summed E-state index contributed by atoms with van der Waals surface area (Å²) in [5.74, 6) is -0.0485. The Balaban J connectivity index is 2.04. The molecule has 0 fully saturated rings. The topological polar surface area (TPSA) is 82.4 Å². The summed E-state index contributed by atoms with van der Waals surface area (Å²) in [7, 11) is 0. The summed E-state index contributed by atoms with van der Waals surface area (Å²) in [6, 6.07) is 8.42. The summed E-state index contributed by atoms with van der Waals surface area (Å²) in [5, 5.41) is 13.7. The summed E-state index contributed by atoms with van der Waals surface area (Å²) >= 11 is 0. The van der Waals surface area contributed by atoms with Crippen molar-refractivity contribution < 1.29 is 19.1 Å². The van der Waals surface area contributed by atoms with Crippen LogP contribution in [0.3, 0.4) is 0 Å². The van der Waals surface area contributed by atoms with Crippen LogP contribution >= 0.6 is 0 Å². The molecule has 1 aromatic carbocycles. The van der Waals surface area contributed by atoms with Crippen LogP contribution in [-0.4, -0.2) is 11.9 Å². The number of hydrogen-bond donors (Lipinski definition) is 1. The average molecular weight is 286 g/mol. The van der Waals surface area contributed by atoms with Gasteiger partial charge in [0.05, 0.1) is 11.7 Å². The number of carbonyl (C=O) groups excluding carboxylic acids is 2. The highest BCUT2D eigenvalue weighted by Crippen LogP contribution is 2.20. The van der Waals surface area contributed by atoms with Gasteiger partial charge in [0, 0.05) is 18.4 Å². The minimum atomic E-state index is -1.31. The number of carbonyl (C=O) groups is 2. The molecule has 0 unspecified atom stereocenters. The molecule has 5 nitrogen and oxygen atoms in total. The maximum atomic E-state index is 12.0. The Morgan fingerprint density at radius 3 is 2.57 bits per heavy atom. The molecule has 1 N–H and O–H groups in total. The normalized spacial score (nSPS) is 10.4. The third-order valence-electron chi connectivity index (χ3n) is 3.15. The summed E-state index contributed by atoms with van der Waals surface area (Å²) in [4.78, 5) is 23.0. The van der Waals surface area contributed by atoms with E-state index < -0.39 is 5.97 Å². The SMILES string of the molecule is Cc1ccc(CCC(=O)Nc2c(C)cccc2C(=O)[O-])o1. The number of furan rings is 1. The second-order valence-corrected chi connectivity index (χ2v) is 4.85. The summed E-state index contributed by atoms with van der Waals surface area (Å²) < 4.78 is 5.39. The predicted molar refractivity (Wildman–Crippen MR) is 75.9 cm³/mol. The predicted octanol–water partition coefficient (Wildman–Crippen LogP) is 1.83. The van der Waals surface area contributed by atoms with Gasteiger partial charge in [-0.25, -0.2) is 0 Å². The molecule has 1 amide bonds. The Morgan fingerprint density at radius 1 is 1.19 bits per heavy atom. The lowest BCUT2D eigenvalue weighted by Crippen LogP contribution is -2.25. The zero-order valence-corrected chi connectivity index (χ0v) is 11.9. The van der Waals surface area contributed by atoms with E-state index in [0.717, 1.165) is 11.5 Å². The van der Waals surface area contributed by atoms with Crippen LogP contribution in [0.4, 0.5) is 5.69 Å². The first-order valence-corrected chi connectivity index (χ1v) is 6.63. The van der Waals surface area contributed by atoms with E-state index in [9.17, 15) is 14.7 Å². The number of carboxylic acid groups (broad SMARTS) is 1. The van der Waals surface area contributed by atoms with Crippen molar-refractivity contribution in [3.63, 3.8) is 0 Å². The van der Waals surface area contributed by atoms with Crippen LogP contribution in [-0.2, 0) is 11.2 Å². The molecule has 1 aromatic heterocycles. The van der Waals surface area contributed by atoms with E-state index in [-0.39, 0.29) is 23.6 Å². The van der Waals surface area contributed by atoms with Gasteiger partial charge >= 0.3 is 0 Å². The van der Waals surface area contributed by atoms with E-state index in [0.29, 0.717) is 12.0 Å². The van der Waals surface area contributed by atoms with Gasteiger partial charge in [-0.05, 0) is 31.5 Å². The first kappa shape index (κ1) is 14.8. The van der Waals surface area contributed by atoms with Crippen molar-refractivity contribution in [2.24, 2.45) is 0 Å². The van der Waals surface area contributed by atoms with E-state index in [4.69, 9.17) is 4.42 Å². The zero-order chi connectivity index (χ0) is 15.4. The lowest BCUT2D eigenvalue weighted by atomic mass is 10.1. The molecule has 0 saturated carbocycles. The lowest BCUT2D eigenvalue weighted by Gasteiger charge is -2.14. The van der Waals surface area contributed by atoms with Crippen molar-refractivity contribution >= 4 is 17.6 Å². The number of nitrogens with one attached hydrogen (secondary N) is 1. The number of hydrogen-bond acceptors (Lipinski definition) is 4. The quantitative estimate of drug-likeness (QED) is 0.909. The van der Waals surface area contributed by atoms with E-state index >= 15 is 0 Å². The standard InChI is InChI=1S/C16H17NO4/c1-10-4-3-5-13(16(19)20)15(10)17-14(18)9-8-12-7-6-11(2)21-12/h3-7H,8-9H2,1-2H3,(H,17,18)(H,19,20)/p-1. The molecule has 0 bridgehead atoms. The molecule has 0 radical (unpaired) electrons. The summed E-state index contributed by atoms with van der Waals surface area (Å²) in [6.45, 7) is 3.57. The largest absolute Gasteiger partial charge is 0.545 e. The summed E-state index contributed by atoms with van der Waals surface area (Å²) in [5.41, 5.74) is 0.953. The average Bonchev–Trinajstić information content (AvgIpc) is 2.84.